The summed E-state index contributed by atoms with van der Waals surface area (Å²) >= 11 is 0. The Labute approximate surface area is 231 Å². The number of rotatable bonds is 10. The molecule has 4 rings (SSSR count). The summed E-state index contributed by atoms with van der Waals surface area (Å²) in [7, 11) is -2.88. The summed E-state index contributed by atoms with van der Waals surface area (Å²) in [6, 6.07) is 11.5. The number of halogens is 1. The van der Waals surface area contributed by atoms with Crippen LogP contribution in [0.4, 0.5) is 10.2 Å². The maximum Gasteiger partial charge on any atom is 0.263 e. The molecule has 13 heteroatoms. The number of aromatic nitrogens is 4. The number of hydrogen-bond donors (Lipinski definition) is 2. The van der Waals surface area contributed by atoms with Crippen LogP contribution in [0.2, 0.25) is 0 Å². The summed E-state index contributed by atoms with van der Waals surface area (Å²) in [5, 5.41) is 9.38. The number of benzene rings is 2. The molecule has 0 fully saturated rings. The van der Waals surface area contributed by atoms with Crippen molar-refractivity contribution >= 4 is 15.8 Å². The number of hydrogen-bond acceptors (Lipinski definition) is 10. The van der Waals surface area contributed by atoms with E-state index in [1.165, 1.54) is 37.7 Å². The molecule has 0 aliphatic rings. The van der Waals surface area contributed by atoms with Crippen LogP contribution in [-0.2, 0) is 15.4 Å². The molecule has 0 bridgehead atoms. The van der Waals surface area contributed by atoms with Crippen LogP contribution in [0.5, 0.6) is 23.1 Å². The molecule has 0 unspecified atom stereocenters. The van der Waals surface area contributed by atoms with E-state index in [1.54, 1.807) is 18.2 Å². The van der Waals surface area contributed by atoms with Crippen LogP contribution in [-0.4, -0.2) is 53.8 Å². The first-order valence-electron chi connectivity index (χ1n) is 12.1. The van der Waals surface area contributed by atoms with E-state index in [0.717, 1.165) is 17.7 Å². The Hall–Kier alpha value is -4.36. The van der Waals surface area contributed by atoms with Gasteiger partial charge in [-0.25, -0.2) is 27.8 Å². The lowest BCUT2D eigenvalue weighted by molar-refractivity contribution is 0.192. The number of sulfonamides is 1. The molecular weight excluding hydrogens is 541 g/mol. The van der Waals surface area contributed by atoms with Crippen LogP contribution < -0.4 is 18.9 Å². The van der Waals surface area contributed by atoms with Crippen molar-refractivity contribution in [2.75, 3.05) is 25.0 Å². The van der Waals surface area contributed by atoms with Gasteiger partial charge in [-0.1, -0.05) is 32.9 Å². The summed E-state index contributed by atoms with van der Waals surface area (Å²) in [6.07, 6.45) is 2.93. The van der Waals surface area contributed by atoms with E-state index in [4.69, 9.17) is 14.2 Å². The van der Waals surface area contributed by atoms with Crippen molar-refractivity contribution in [3.05, 3.63) is 72.3 Å². The number of ether oxygens (including phenoxy) is 3. The highest BCUT2D eigenvalue weighted by molar-refractivity contribution is 7.92. The number of nitrogens with one attached hydrogen (secondary N) is 1. The Morgan fingerprint density at radius 2 is 1.68 bits per heavy atom. The van der Waals surface area contributed by atoms with E-state index >= 15 is 0 Å². The monoisotopic (exact) mass is 569 g/mol. The van der Waals surface area contributed by atoms with Gasteiger partial charge >= 0.3 is 0 Å². The summed E-state index contributed by atoms with van der Waals surface area (Å²) in [5.74, 6) is -1.31. The molecule has 0 aliphatic heterocycles. The average Bonchev–Trinajstić information content (AvgIpc) is 2.93. The van der Waals surface area contributed by atoms with Crippen LogP contribution in [0.25, 0.3) is 11.6 Å². The van der Waals surface area contributed by atoms with Crippen molar-refractivity contribution in [3.8, 4) is 34.8 Å². The third kappa shape index (κ3) is 6.61. The van der Waals surface area contributed by atoms with E-state index in [9.17, 15) is 17.9 Å². The molecule has 0 saturated carbocycles. The number of aliphatic hydroxyl groups excluding tert-OH is 1. The van der Waals surface area contributed by atoms with Gasteiger partial charge in [-0.15, -0.1) is 0 Å². The van der Waals surface area contributed by atoms with Gasteiger partial charge in [0.2, 0.25) is 11.6 Å². The third-order valence-electron chi connectivity index (χ3n) is 5.53. The lowest BCUT2D eigenvalue weighted by Gasteiger charge is -2.20. The average molecular weight is 570 g/mol. The van der Waals surface area contributed by atoms with Crippen molar-refractivity contribution in [1.82, 2.24) is 19.9 Å². The molecule has 2 N–H and O–H groups in total. The Bertz CT molecular complexity index is 1580. The minimum Gasteiger partial charge on any atom is -0.493 e. The third-order valence-corrected chi connectivity index (χ3v) is 6.88. The molecule has 0 spiro atoms. The largest absolute Gasteiger partial charge is 0.493 e. The minimum absolute atomic E-state index is 0.0233. The zero-order valence-corrected chi connectivity index (χ0v) is 23.1. The SMILES string of the molecule is COc1cc(F)ccc1Oc1c(NS(=O)(=O)c2ccc(C(C)(C)C)cc2)nc(-c2ncccn2)nc1OCCO. The lowest BCUT2D eigenvalue weighted by atomic mass is 9.87. The highest BCUT2D eigenvalue weighted by atomic mass is 32.2. The van der Waals surface area contributed by atoms with Crippen molar-refractivity contribution in [2.45, 2.75) is 31.1 Å². The van der Waals surface area contributed by atoms with Crippen LogP contribution in [0.3, 0.4) is 0 Å². The molecule has 11 nitrogen and oxygen atoms in total. The summed E-state index contributed by atoms with van der Waals surface area (Å²) in [4.78, 5) is 16.9. The first kappa shape index (κ1) is 28.6. The van der Waals surface area contributed by atoms with Crippen molar-refractivity contribution in [2.24, 2.45) is 0 Å². The normalized spacial score (nSPS) is 11.7. The Kier molecular flexibility index (Phi) is 8.45. The zero-order valence-electron chi connectivity index (χ0n) is 22.3. The quantitative estimate of drug-likeness (QED) is 0.283. The molecule has 0 saturated heterocycles. The lowest BCUT2D eigenvalue weighted by Crippen LogP contribution is -2.17. The molecule has 0 atom stereocenters. The van der Waals surface area contributed by atoms with E-state index in [0.29, 0.717) is 0 Å². The van der Waals surface area contributed by atoms with E-state index < -0.39 is 15.8 Å². The maximum atomic E-state index is 13.8. The predicted octanol–water partition coefficient (Wildman–Crippen LogP) is 4.34. The molecule has 4 aromatic rings. The van der Waals surface area contributed by atoms with Gasteiger partial charge in [-0.3, -0.25) is 4.72 Å². The number of nitrogens with zero attached hydrogens (tertiary/aromatic N) is 4. The van der Waals surface area contributed by atoms with Gasteiger partial charge in [0.15, 0.2) is 23.1 Å². The van der Waals surface area contributed by atoms with Gasteiger partial charge in [-0.2, -0.15) is 4.98 Å². The second-order valence-electron chi connectivity index (χ2n) is 9.45. The molecule has 40 heavy (non-hydrogen) atoms. The smallest absolute Gasteiger partial charge is 0.263 e. The topological polar surface area (TPSA) is 146 Å². The van der Waals surface area contributed by atoms with Crippen molar-refractivity contribution in [1.29, 1.82) is 0 Å². The minimum atomic E-state index is -4.21. The van der Waals surface area contributed by atoms with Crippen LogP contribution in [0.1, 0.15) is 26.3 Å². The fourth-order valence-corrected chi connectivity index (χ4v) is 4.51. The summed E-state index contributed by atoms with van der Waals surface area (Å²) < 4.78 is 60.0. The second kappa shape index (κ2) is 11.8. The molecule has 0 amide bonds. The Morgan fingerprint density at radius 1 is 0.975 bits per heavy atom. The second-order valence-corrected chi connectivity index (χ2v) is 11.1. The van der Waals surface area contributed by atoms with E-state index in [1.807, 2.05) is 20.8 Å². The van der Waals surface area contributed by atoms with Crippen LogP contribution in [0, 0.1) is 5.82 Å². The van der Waals surface area contributed by atoms with Crippen LogP contribution in [0.15, 0.2) is 65.8 Å². The molecule has 0 aliphatic carbocycles. The number of anilines is 1. The first-order chi connectivity index (χ1) is 19.0. The highest BCUT2D eigenvalue weighted by Crippen LogP contribution is 2.41. The first-order valence-corrected chi connectivity index (χ1v) is 13.6. The predicted molar refractivity (Wildman–Crippen MR) is 145 cm³/mol. The van der Waals surface area contributed by atoms with Crippen LogP contribution >= 0.6 is 0 Å². The molecular formula is C27H28FN5O6S. The van der Waals surface area contributed by atoms with E-state index in [2.05, 4.69) is 24.7 Å². The Balaban J connectivity index is 1.86. The summed E-state index contributed by atoms with van der Waals surface area (Å²) in [5.41, 5.74) is 0.769. The molecule has 210 valence electrons. The van der Waals surface area contributed by atoms with Gasteiger partial charge in [0.1, 0.15) is 12.4 Å². The fourth-order valence-electron chi connectivity index (χ4n) is 3.50. The van der Waals surface area contributed by atoms with Gasteiger partial charge in [0, 0.05) is 18.5 Å². The standard InChI is InChI=1S/C27H28FN5O6S/c1-27(2,3)17-6-9-19(10-7-17)40(35,36)33-23-22(39-20-11-8-18(28)16-21(20)37-4)26(38-15-14-34)32-25(31-23)24-29-12-5-13-30-24/h5-13,16,34H,14-15H2,1-4H3,(H,31,32,33). The number of methoxy groups -OCH3 is 1. The zero-order chi connectivity index (χ0) is 28.9. The fraction of sp³-hybridized carbons (Fsp3) is 0.259. The maximum absolute atomic E-state index is 13.8. The van der Waals surface area contributed by atoms with Gasteiger partial charge in [0.25, 0.3) is 15.9 Å². The molecule has 2 aromatic heterocycles. The van der Waals surface area contributed by atoms with Crippen molar-refractivity contribution < 1.29 is 32.1 Å². The molecule has 2 aromatic carbocycles. The number of aliphatic hydroxyl groups is 1. The van der Waals surface area contributed by atoms with E-state index in [-0.39, 0.29) is 64.1 Å². The van der Waals surface area contributed by atoms with Crippen molar-refractivity contribution in [3.63, 3.8) is 0 Å². The van der Waals surface area contributed by atoms with Gasteiger partial charge in [0.05, 0.1) is 18.6 Å². The molecule has 2 heterocycles. The Morgan fingerprint density at radius 3 is 2.30 bits per heavy atom. The van der Waals surface area contributed by atoms with Gasteiger partial charge in [-0.05, 0) is 41.3 Å². The molecule has 0 radical (unpaired) electrons. The highest BCUT2D eigenvalue weighted by Gasteiger charge is 2.26. The van der Waals surface area contributed by atoms with Gasteiger partial charge < -0.3 is 19.3 Å². The summed E-state index contributed by atoms with van der Waals surface area (Å²) in [6.45, 7) is 5.48.